The standard InChI is InChI=1S/C4H2N2O2/c5-1-3-4(7)8-2-6-3/h2,7H. The summed E-state index contributed by atoms with van der Waals surface area (Å²) in [6, 6.07) is 1.62. The van der Waals surface area contributed by atoms with Crippen molar-refractivity contribution in [3.8, 4) is 12.0 Å². The highest BCUT2D eigenvalue weighted by molar-refractivity contribution is 5.26. The van der Waals surface area contributed by atoms with E-state index in [9.17, 15) is 0 Å². The second-order valence-electron chi connectivity index (χ2n) is 1.12. The van der Waals surface area contributed by atoms with Gasteiger partial charge in [-0.1, -0.05) is 0 Å². The Morgan fingerprint density at radius 2 is 2.62 bits per heavy atom. The van der Waals surface area contributed by atoms with Crippen molar-refractivity contribution in [3.05, 3.63) is 12.1 Å². The summed E-state index contributed by atoms with van der Waals surface area (Å²) in [4.78, 5) is 3.36. The van der Waals surface area contributed by atoms with Crippen molar-refractivity contribution in [2.24, 2.45) is 0 Å². The molecule has 0 fully saturated rings. The smallest absolute Gasteiger partial charge is 0.321 e. The van der Waals surface area contributed by atoms with Gasteiger partial charge in [-0.15, -0.1) is 0 Å². The van der Waals surface area contributed by atoms with Crippen LogP contribution in [0.5, 0.6) is 5.95 Å². The largest absolute Gasteiger partial charge is 0.479 e. The second kappa shape index (κ2) is 1.54. The van der Waals surface area contributed by atoms with E-state index >= 15 is 0 Å². The van der Waals surface area contributed by atoms with Gasteiger partial charge in [-0.2, -0.15) is 5.26 Å². The molecule has 4 nitrogen and oxygen atoms in total. The highest BCUT2D eigenvalue weighted by Gasteiger charge is 2.01. The Labute approximate surface area is 45.0 Å². The van der Waals surface area contributed by atoms with Crippen molar-refractivity contribution in [2.75, 3.05) is 0 Å². The number of oxazole rings is 1. The molecule has 1 N–H and O–H groups in total. The molecule has 1 aromatic rings. The van der Waals surface area contributed by atoms with Crippen LogP contribution in [-0.4, -0.2) is 10.1 Å². The fraction of sp³-hybridized carbons (Fsp3) is 0. The van der Waals surface area contributed by atoms with E-state index in [0.29, 0.717) is 0 Å². The van der Waals surface area contributed by atoms with E-state index in [2.05, 4.69) is 9.40 Å². The van der Waals surface area contributed by atoms with Crippen molar-refractivity contribution in [1.29, 1.82) is 5.26 Å². The highest BCUT2D eigenvalue weighted by Crippen LogP contribution is 2.10. The van der Waals surface area contributed by atoms with Crippen LogP contribution in [0.25, 0.3) is 0 Å². The van der Waals surface area contributed by atoms with Crippen LogP contribution >= 0.6 is 0 Å². The number of rotatable bonds is 0. The first kappa shape index (κ1) is 4.65. The minimum atomic E-state index is -0.424. The zero-order valence-electron chi connectivity index (χ0n) is 3.83. The number of hydrogen-bond acceptors (Lipinski definition) is 4. The van der Waals surface area contributed by atoms with Crippen LogP contribution in [0.4, 0.5) is 0 Å². The lowest BCUT2D eigenvalue weighted by molar-refractivity contribution is 0.331. The van der Waals surface area contributed by atoms with Gasteiger partial charge in [0.05, 0.1) is 0 Å². The van der Waals surface area contributed by atoms with Crippen molar-refractivity contribution in [2.45, 2.75) is 0 Å². The van der Waals surface area contributed by atoms with Crippen LogP contribution in [0.3, 0.4) is 0 Å². The molecule has 0 aliphatic carbocycles. The number of aromatic nitrogens is 1. The van der Waals surface area contributed by atoms with Gasteiger partial charge in [-0.3, -0.25) is 0 Å². The summed E-state index contributed by atoms with van der Waals surface area (Å²) in [6.07, 6.45) is 1.01. The number of nitrogens with zero attached hydrogens (tertiary/aromatic N) is 2. The maximum Gasteiger partial charge on any atom is 0.321 e. The monoisotopic (exact) mass is 110 g/mol. The average molecular weight is 110 g/mol. The zero-order chi connectivity index (χ0) is 5.98. The maximum absolute atomic E-state index is 8.50. The van der Waals surface area contributed by atoms with E-state index in [1.807, 2.05) is 0 Å². The topological polar surface area (TPSA) is 70.0 Å². The third-order valence-corrected chi connectivity index (χ3v) is 0.655. The summed E-state index contributed by atoms with van der Waals surface area (Å²) in [5, 5.41) is 16.6. The Hall–Kier alpha value is -1.50. The summed E-state index contributed by atoms with van der Waals surface area (Å²) in [5.74, 6) is -0.424. The summed E-state index contributed by atoms with van der Waals surface area (Å²) in [7, 11) is 0. The molecule has 0 amide bonds. The summed E-state index contributed by atoms with van der Waals surface area (Å²) in [5.41, 5.74) is -0.0787. The molecule has 0 unspecified atom stereocenters. The van der Waals surface area contributed by atoms with Crippen LogP contribution < -0.4 is 0 Å². The molecular formula is C4H2N2O2. The first-order chi connectivity index (χ1) is 3.84. The molecule has 0 aromatic carbocycles. The molecule has 0 radical (unpaired) electrons. The summed E-state index contributed by atoms with van der Waals surface area (Å²) in [6.45, 7) is 0. The van der Waals surface area contributed by atoms with Crippen LogP contribution in [0.2, 0.25) is 0 Å². The van der Waals surface area contributed by atoms with Crippen molar-refractivity contribution < 1.29 is 9.52 Å². The molecule has 1 aromatic heterocycles. The zero-order valence-corrected chi connectivity index (χ0v) is 3.83. The van der Waals surface area contributed by atoms with Gasteiger partial charge in [-0.05, 0) is 0 Å². The lowest BCUT2D eigenvalue weighted by Gasteiger charge is -1.73. The molecule has 0 spiro atoms. The highest BCUT2D eigenvalue weighted by atomic mass is 16.5. The van der Waals surface area contributed by atoms with E-state index in [-0.39, 0.29) is 5.69 Å². The molecule has 0 atom stereocenters. The second-order valence-corrected chi connectivity index (χ2v) is 1.12. The molecule has 0 saturated carbocycles. The minimum Gasteiger partial charge on any atom is -0.479 e. The Bertz CT molecular complexity index is 222. The van der Waals surface area contributed by atoms with Gasteiger partial charge in [0.15, 0.2) is 6.39 Å². The van der Waals surface area contributed by atoms with Crippen molar-refractivity contribution in [3.63, 3.8) is 0 Å². The molecule has 1 heterocycles. The Balaban J connectivity index is 3.15. The van der Waals surface area contributed by atoms with E-state index in [0.717, 1.165) is 6.39 Å². The van der Waals surface area contributed by atoms with Crippen molar-refractivity contribution >= 4 is 0 Å². The van der Waals surface area contributed by atoms with E-state index in [1.54, 1.807) is 6.07 Å². The van der Waals surface area contributed by atoms with Crippen molar-refractivity contribution in [1.82, 2.24) is 4.98 Å². The quantitative estimate of drug-likeness (QED) is 0.519. The fourth-order valence-corrected chi connectivity index (χ4v) is 0.317. The van der Waals surface area contributed by atoms with Gasteiger partial charge in [0, 0.05) is 0 Å². The minimum absolute atomic E-state index is 0.0787. The molecule has 0 aliphatic heterocycles. The predicted molar refractivity (Wildman–Crippen MR) is 22.9 cm³/mol. The van der Waals surface area contributed by atoms with Crippen LogP contribution in [0.15, 0.2) is 10.8 Å². The number of hydrogen-bond donors (Lipinski definition) is 1. The predicted octanol–water partition coefficient (Wildman–Crippen LogP) is 0.252. The van der Waals surface area contributed by atoms with Gasteiger partial charge < -0.3 is 9.52 Å². The van der Waals surface area contributed by atoms with Gasteiger partial charge in [0.25, 0.3) is 0 Å². The molecule has 1 rings (SSSR count). The first-order valence-corrected chi connectivity index (χ1v) is 1.87. The number of aromatic hydroxyl groups is 1. The molecule has 4 heteroatoms. The summed E-state index contributed by atoms with van der Waals surface area (Å²) < 4.78 is 4.28. The molecule has 8 heavy (non-hydrogen) atoms. The summed E-state index contributed by atoms with van der Waals surface area (Å²) >= 11 is 0. The molecule has 0 aliphatic rings. The van der Waals surface area contributed by atoms with E-state index < -0.39 is 5.95 Å². The van der Waals surface area contributed by atoms with Crippen LogP contribution in [0, 0.1) is 11.3 Å². The van der Waals surface area contributed by atoms with Gasteiger partial charge in [-0.25, -0.2) is 4.98 Å². The van der Waals surface area contributed by atoms with Crippen LogP contribution in [0.1, 0.15) is 5.69 Å². The van der Waals surface area contributed by atoms with Gasteiger partial charge in [0.2, 0.25) is 5.69 Å². The lowest BCUT2D eigenvalue weighted by Crippen LogP contribution is -1.68. The Kier molecular flexibility index (Phi) is 0.897. The van der Waals surface area contributed by atoms with Gasteiger partial charge >= 0.3 is 5.95 Å². The third kappa shape index (κ3) is 0.500. The maximum atomic E-state index is 8.50. The Morgan fingerprint density at radius 1 is 1.88 bits per heavy atom. The van der Waals surface area contributed by atoms with E-state index in [4.69, 9.17) is 10.4 Å². The normalized spacial score (nSPS) is 8.38. The molecule has 0 saturated heterocycles. The third-order valence-electron chi connectivity index (χ3n) is 0.655. The fourth-order valence-electron chi connectivity index (χ4n) is 0.317. The van der Waals surface area contributed by atoms with Gasteiger partial charge in [0.1, 0.15) is 6.07 Å². The molecule has 0 bridgehead atoms. The molecule has 40 valence electrons. The number of nitriles is 1. The average Bonchev–Trinajstić information content (AvgIpc) is 2.14. The molecular weight excluding hydrogens is 108 g/mol. The van der Waals surface area contributed by atoms with E-state index in [1.165, 1.54) is 0 Å². The Morgan fingerprint density at radius 3 is 2.88 bits per heavy atom. The van der Waals surface area contributed by atoms with Crippen LogP contribution in [-0.2, 0) is 0 Å². The SMILES string of the molecule is N#Cc1ncoc1O. The lowest BCUT2D eigenvalue weighted by atomic mass is 10.5. The first-order valence-electron chi connectivity index (χ1n) is 1.87.